The fraction of sp³-hybridized carbons (Fsp3) is 0.429. The van der Waals surface area contributed by atoms with E-state index in [1.807, 2.05) is 6.07 Å². The molecule has 0 radical (unpaired) electrons. The molecule has 3 aromatic carbocycles. The van der Waals surface area contributed by atoms with Gasteiger partial charge in [0.2, 0.25) is 5.91 Å². The smallest absolute Gasteiger partial charge is 0.329 e. The first-order valence-electron chi connectivity index (χ1n) is 20.5. The number of ether oxygens (including phenoxy) is 1. The summed E-state index contributed by atoms with van der Waals surface area (Å²) in [4.78, 5) is 48.5. The van der Waals surface area contributed by atoms with Crippen molar-refractivity contribution in [1.82, 2.24) is 33.9 Å². The molecule has 5 aliphatic rings. The largest absolute Gasteiger partial charge is 0.453 e. The molecule has 5 heterocycles. The number of urea groups is 1. The Morgan fingerprint density at radius 3 is 2.42 bits per heavy atom. The number of nitrogens with one attached hydrogen (secondary N) is 2. The molecule has 5 aromatic rings. The van der Waals surface area contributed by atoms with Crippen molar-refractivity contribution in [3.8, 4) is 17.6 Å². The molecule has 2 aromatic heterocycles. The number of aromatic nitrogens is 4. The van der Waals surface area contributed by atoms with E-state index in [9.17, 15) is 28.1 Å². The molecular formula is C42H43F2N11O6S. The number of aryl methyl sites for hydroxylation is 1. The van der Waals surface area contributed by atoms with Gasteiger partial charge in [0.25, 0.3) is 5.56 Å². The molecule has 62 heavy (non-hydrogen) atoms. The molecule has 2 N–H and O–H groups in total. The van der Waals surface area contributed by atoms with Crippen LogP contribution in [0.15, 0.2) is 53.6 Å². The summed E-state index contributed by atoms with van der Waals surface area (Å²) < 4.78 is 68.5. The van der Waals surface area contributed by atoms with Gasteiger partial charge in [0.05, 0.1) is 34.1 Å². The fourth-order valence-electron chi connectivity index (χ4n) is 10.1. The van der Waals surface area contributed by atoms with Crippen molar-refractivity contribution in [1.29, 1.82) is 5.26 Å². The second-order valence-corrected chi connectivity index (χ2v) is 19.4. The minimum Gasteiger partial charge on any atom is -0.453 e. The summed E-state index contributed by atoms with van der Waals surface area (Å²) >= 11 is 0. The summed E-state index contributed by atoms with van der Waals surface area (Å²) in [6.45, 7) is 5.43. The highest BCUT2D eigenvalue weighted by Crippen LogP contribution is 2.59. The first-order valence-corrected chi connectivity index (χ1v) is 21.9. The number of nitrogens with zero attached hydrogens (tertiary/aromatic N) is 9. The van der Waals surface area contributed by atoms with Gasteiger partial charge in [0.15, 0.2) is 17.4 Å². The number of carbonyl (C=O) groups is 2. The maximum Gasteiger partial charge on any atom is 0.329 e. The molecule has 0 unspecified atom stereocenters. The van der Waals surface area contributed by atoms with Crippen LogP contribution in [0.25, 0.3) is 21.8 Å². The van der Waals surface area contributed by atoms with Gasteiger partial charge < -0.3 is 9.64 Å². The maximum atomic E-state index is 15.6. The predicted octanol–water partition coefficient (Wildman–Crippen LogP) is 4.59. The third-order valence-electron chi connectivity index (χ3n) is 13.6. The fourth-order valence-corrected chi connectivity index (χ4v) is 11.1. The van der Waals surface area contributed by atoms with Crippen molar-refractivity contribution >= 4 is 61.1 Å². The number of hydrogen-bond acceptors (Lipinski definition) is 11. The van der Waals surface area contributed by atoms with E-state index in [1.54, 1.807) is 41.7 Å². The standard InChI is InChI=1S/C42H43F2N11O6S/c1-4-50(2)62(59,60)49-33-8-6-30(43)37(29(33)18-45)61-26-5-7-32-27(11-26)39(57)55(23-46-32)25-16-42(17-25)19-52(20-42)24-14-41(15-24)21-53(22-41)35-13-34-28(12-31(35)44)38(48-51(34)3)54-10-9-36(56)47-40(54)58/h5-8,11-13,23-25,49H,4,9-10,14-17,19-22H2,1-3H3,(H,47,56,58). The highest BCUT2D eigenvalue weighted by atomic mass is 32.2. The van der Waals surface area contributed by atoms with E-state index in [0.717, 1.165) is 68.3 Å². The van der Waals surface area contributed by atoms with E-state index in [2.05, 4.69) is 29.9 Å². The average Bonchev–Trinajstić information content (AvgIpc) is 3.49. The number of hydrogen-bond donors (Lipinski definition) is 2. The first kappa shape index (κ1) is 39.9. The Morgan fingerprint density at radius 2 is 1.71 bits per heavy atom. The Kier molecular flexibility index (Phi) is 9.14. The number of imide groups is 1. The molecule has 5 fully saturated rings. The van der Waals surface area contributed by atoms with E-state index in [1.165, 1.54) is 30.1 Å². The summed E-state index contributed by atoms with van der Waals surface area (Å²) in [5.74, 6) is -1.66. The second-order valence-electron chi connectivity index (χ2n) is 17.6. The summed E-state index contributed by atoms with van der Waals surface area (Å²) in [5, 5.41) is 17.5. The van der Waals surface area contributed by atoms with E-state index in [-0.39, 0.29) is 76.1 Å². The van der Waals surface area contributed by atoms with Crippen molar-refractivity contribution in [3.63, 3.8) is 0 Å². The van der Waals surface area contributed by atoms with Crippen LogP contribution in [0.1, 0.15) is 50.6 Å². The summed E-state index contributed by atoms with van der Waals surface area (Å²) in [5.41, 5.74) is 1.17. The topological polar surface area (TPSA) is 191 Å². The molecule has 0 atom stereocenters. The molecule has 3 saturated heterocycles. The zero-order valence-corrected chi connectivity index (χ0v) is 35.0. The Balaban J connectivity index is 0.754. The molecule has 2 spiro atoms. The van der Waals surface area contributed by atoms with E-state index in [4.69, 9.17) is 4.74 Å². The molecule has 0 bridgehead atoms. The first-order chi connectivity index (χ1) is 29.6. The monoisotopic (exact) mass is 867 g/mol. The minimum atomic E-state index is -4.01. The lowest BCUT2D eigenvalue weighted by molar-refractivity contribution is -0.148. The second kappa shape index (κ2) is 14.2. The van der Waals surface area contributed by atoms with Gasteiger partial charge in [0.1, 0.15) is 23.2 Å². The highest BCUT2D eigenvalue weighted by molar-refractivity contribution is 7.90. The van der Waals surface area contributed by atoms with Gasteiger partial charge in [-0.15, -0.1) is 0 Å². The molecule has 3 amide bonds. The lowest BCUT2D eigenvalue weighted by Crippen LogP contribution is -2.72. The van der Waals surface area contributed by atoms with Crippen molar-refractivity contribution < 1.29 is 31.5 Å². The molecule has 2 saturated carbocycles. The van der Waals surface area contributed by atoms with Gasteiger partial charge in [0, 0.05) is 82.7 Å². The molecule has 322 valence electrons. The molecule has 10 rings (SSSR count). The number of rotatable bonds is 10. The zero-order valence-electron chi connectivity index (χ0n) is 34.2. The van der Waals surface area contributed by atoms with Crippen molar-refractivity contribution in [2.75, 3.05) is 60.8 Å². The lowest BCUT2D eigenvalue weighted by Gasteiger charge is -2.67. The van der Waals surface area contributed by atoms with Crippen molar-refractivity contribution in [3.05, 3.63) is 76.3 Å². The van der Waals surface area contributed by atoms with Crippen molar-refractivity contribution in [2.45, 2.75) is 51.1 Å². The van der Waals surface area contributed by atoms with Crippen LogP contribution in [0.2, 0.25) is 0 Å². The summed E-state index contributed by atoms with van der Waals surface area (Å²) in [6.07, 6.45) is 5.47. The maximum absolute atomic E-state index is 15.6. The number of fused-ring (bicyclic) bond motifs is 2. The van der Waals surface area contributed by atoms with Crippen LogP contribution in [0.3, 0.4) is 0 Å². The van der Waals surface area contributed by atoms with Crippen LogP contribution in [0, 0.1) is 33.8 Å². The zero-order chi connectivity index (χ0) is 43.5. The lowest BCUT2D eigenvalue weighted by atomic mass is 9.55. The number of benzene rings is 3. The average molecular weight is 868 g/mol. The Labute approximate surface area is 354 Å². The highest BCUT2D eigenvalue weighted by Gasteiger charge is 2.60. The number of halogens is 2. The number of amides is 3. The predicted molar refractivity (Wildman–Crippen MR) is 224 cm³/mol. The Hall–Kier alpha value is -6.17. The third kappa shape index (κ3) is 6.43. The number of carbonyl (C=O) groups excluding carboxylic acids is 2. The SMILES string of the molecule is CCN(C)S(=O)(=O)Nc1ccc(F)c(Oc2ccc3ncn(C4CC5(C4)CN(C4CC6(C4)CN(c4cc7c(cc4F)c(N4CCC(=O)NC4=O)nn7C)C6)C5)c(=O)c3c2)c1C#N. The normalized spacial score (nSPS) is 20.8. The molecule has 17 nitrogen and oxygen atoms in total. The van der Waals surface area contributed by atoms with Crippen molar-refractivity contribution in [2.24, 2.45) is 17.9 Å². The molecule has 2 aliphatic carbocycles. The van der Waals surface area contributed by atoms with Crippen LogP contribution >= 0.6 is 0 Å². The number of nitriles is 1. The van der Waals surface area contributed by atoms with Gasteiger partial charge in [-0.25, -0.2) is 18.6 Å². The van der Waals surface area contributed by atoms with Gasteiger partial charge in [-0.1, -0.05) is 6.92 Å². The Bertz CT molecular complexity index is 2940. The van der Waals surface area contributed by atoms with Gasteiger partial charge in [-0.05, 0) is 73.6 Å². The van der Waals surface area contributed by atoms with E-state index in [0.29, 0.717) is 34.0 Å². The molecule has 20 heteroatoms. The van der Waals surface area contributed by atoms with Crippen LogP contribution in [0.5, 0.6) is 11.5 Å². The summed E-state index contributed by atoms with van der Waals surface area (Å²) in [6, 6.07) is 11.6. The minimum absolute atomic E-state index is 0.0309. The van der Waals surface area contributed by atoms with Crippen LogP contribution in [0.4, 0.5) is 30.8 Å². The van der Waals surface area contributed by atoms with Gasteiger partial charge in [-0.2, -0.15) is 23.1 Å². The quantitative estimate of drug-likeness (QED) is 0.200. The van der Waals surface area contributed by atoms with E-state index < -0.39 is 27.8 Å². The Morgan fingerprint density at radius 1 is 0.984 bits per heavy atom. The number of anilines is 3. The van der Waals surface area contributed by atoms with Crippen LogP contribution < -0.4 is 30.1 Å². The molecule has 3 aliphatic heterocycles. The van der Waals surface area contributed by atoms with Gasteiger partial charge in [-0.3, -0.25) is 38.7 Å². The summed E-state index contributed by atoms with van der Waals surface area (Å²) in [7, 11) is -0.886. The van der Waals surface area contributed by atoms with Crippen LogP contribution in [-0.2, 0) is 22.1 Å². The third-order valence-corrected chi connectivity index (χ3v) is 15.1. The number of likely N-dealkylation sites (tertiary alicyclic amines) is 1. The van der Waals surface area contributed by atoms with Crippen LogP contribution in [-0.4, -0.2) is 101 Å². The van der Waals surface area contributed by atoms with E-state index >= 15 is 8.78 Å². The van der Waals surface area contributed by atoms with Gasteiger partial charge >= 0.3 is 16.2 Å². The molecular weight excluding hydrogens is 825 g/mol.